The van der Waals surface area contributed by atoms with Crippen molar-refractivity contribution in [3.05, 3.63) is 65.2 Å². The number of halogens is 1. The number of carbonyl (C=O) groups excluding carboxylic acids is 1. The van der Waals surface area contributed by atoms with Crippen LogP contribution in [0.1, 0.15) is 21.7 Å². The number of hydrogen-bond donors (Lipinski definition) is 2. The largest absolute Gasteiger partial charge is 0.332 e. The molecule has 0 saturated heterocycles. The average molecular weight is 427 g/mol. The standard InChI is InChI=1S/C19H15FN6OS2/c1-10-14(17-25-26-11(2)23-24-19(26)29-17)4-3-5-15(10)21-18(28)22-16(27)12-6-8-13(20)9-7-12/h3-9H,1-2H3,(H2,21,22,27,28). The number of benzene rings is 2. The van der Waals surface area contributed by atoms with Crippen LogP contribution < -0.4 is 10.6 Å². The summed E-state index contributed by atoms with van der Waals surface area (Å²) in [5, 5.41) is 19.2. The summed E-state index contributed by atoms with van der Waals surface area (Å²) in [7, 11) is 0. The first-order chi connectivity index (χ1) is 13.9. The molecule has 0 saturated carbocycles. The molecule has 0 aliphatic rings. The lowest BCUT2D eigenvalue weighted by Crippen LogP contribution is -2.34. The van der Waals surface area contributed by atoms with Crippen molar-refractivity contribution in [1.29, 1.82) is 0 Å². The fraction of sp³-hybridized carbons (Fsp3) is 0.105. The molecular weight excluding hydrogens is 411 g/mol. The van der Waals surface area contributed by atoms with Crippen molar-refractivity contribution in [2.24, 2.45) is 0 Å². The van der Waals surface area contributed by atoms with E-state index in [0.29, 0.717) is 5.56 Å². The number of anilines is 1. The predicted molar refractivity (Wildman–Crippen MR) is 114 cm³/mol. The van der Waals surface area contributed by atoms with Gasteiger partial charge in [-0.2, -0.15) is 9.61 Å². The highest BCUT2D eigenvalue weighted by atomic mass is 32.1. The number of rotatable bonds is 3. The summed E-state index contributed by atoms with van der Waals surface area (Å²) >= 11 is 6.70. The zero-order chi connectivity index (χ0) is 20.5. The Labute approximate surface area is 174 Å². The lowest BCUT2D eigenvalue weighted by molar-refractivity contribution is 0.0977. The van der Waals surface area contributed by atoms with E-state index in [1.165, 1.54) is 35.6 Å². The second-order valence-corrected chi connectivity index (χ2v) is 7.61. The van der Waals surface area contributed by atoms with Gasteiger partial charge in [0, 0.05) is 16.8 Å². The second kappa shape index (κ2) is 7.64. The molecule has 2 aromatic carbocycles. The number of thiocarbonyl (C=S) groups is 1. The number of hydrogen-bond acceptors (Lipinski definition) is 6. The zero-order valence-corrected chi connectivity index (χ0v) is 17.1. The lowest BCUT2D eigenvalue weighted by atomic mass is 10.1. The molecule has 10 heteroatoms. The third-order valence-electron chi connectivity index (χ3n) is 4.29. The highest BCUT2D eigenvalue weighted by molar-refractivity contribution is 7.80. The summed E-state index contributed by atoms with van der Waals surface area (Å²) in [6.45, 7) is 3.79. The molecule has 0 spiro atoms. The molecule has 4 aromatic rings. The maximum absolute atomic E-state index is 13.0. The van der Waals surface area contributed by atoms with Gasteiger partial charge in [-0.25, -0.2) is 4.39 Å². The Balaban J connectivity index is 1.53. The number of aromatic nitrogens is 4. The van der Waals surface area contributed by atoms with Crippen LogP contribution in [0.4, 0.5) is 10.1 Å². The third kappa shape index (κ3) is 3.84. The SMILES string of the molecule is Cc1c(NC(=S)NC(=O)c2ccc(F)cc2)cccc1-c1nn2c(C)nnc2s1. The fourth-order valence-electron chi connectivity index (χ4n) is 2.76. The van der Waals surface area contributed by atoms with Crippen LogP contribution in [0.2, 0.25) is 0 Å². The van der Waals surface area contributed by atoms with Crippen molar-refractivity contribution in [3.8, 4) is 10.6 Å². The highest BCUT2D eigenvalue weighted by Crippen LogP contribution is 2.31. The van der Waals surface area contributed by atoms with Crippen molar-refractivity contribution < 1.29 is 9.18 Å². The van der Waals surface area contributed by atoms with Crippen molar-refractivity contribution in [1.82, 2.24) is 25.1 Å². The Morgan fingerprint density at radius 3 is 2.62 bits per heavy atom. The summed E-state index contributed by atoms with van der Waals surface area (Å²) < 4.78 is 14.7. The van der Waals surface area contributed by atoms with Crippen LogP contribution in [-0.4, -0.2) is 30.8 Å². The first-order valence-corrected chi connectivity index (χ1v) is 9.81. The molecule has 2 aromatic heterocycles. The first-order valence-electron chi connectivity index (χ1n) is 8.59. The van der Waals surface area contributed by atoms with Crippen molar-refractivity contribution in [2.45, 2.75) is 13.8 Å². The van der Waals surface area contributed by atoms with Gasteiger partial charge in [-0.05, 0) is 62.0 Å². The van der Waals surface area contributed by atoms with E-state index < -0.39 is 11.7 Å². The van der Waals surface area contributed by atoms with Gasteiger partial charge in [-0.3, -0.25) is 10.1 Å². The number of amides is 1. The van der Waals surface area contributed by atoms with E-state index >= 15 is 0 Å². The zero-order valence-electron chi connectivity index (χ0n) is 15.4. The summed E-state index contributed by atoms with van der Waals surface area (Å²) in [4.78, 5) is 13.0. The third-order valence-corrected chi connectivity index (χ3v) is 5.43. The molecule has 146 valence electrons. The van der Waals surface area contributed by atoms with Gasteiger partial charge in [0.2, 0.25) is 4.96 Å². The van der Waals surface area contributed by atoms with Crippen LogP contribution >= 0.6 is 23.6 Å². The maximum atomic E-state index is 13.0. The quantitative estimate of drug-likeness (QED) is 0.486. The predicted octanol–water partition coefficient (Wildman–Crippen LogP) is 3.74. The van der Waals surface area contributed by atoms with E-state index in [1.54, 1.807) is 4.52 Å². The van der Waals surface area contributed by atoms with Crippen molar-refractivity contribution in [3.63, 3.8) is 0 Å². The molecule has 0 aliphatic heterocycles. The lowest BCUT2D eigenvalue weighted by Gasteiger charge is -2.13. The monoisotopic (exact) mass is 426 g/mol. The minimum absolute atomic E-state index is 0.147. The molecule has 0 radical (unpaired) electrons. The Bertz CT molecular complexity index is 1230. The highest BCUT2D eigenvalue weighted by Gasteiger charge is 2.15. The van der Waals surface area contributed by atoms with Gasteiger partial charge in [-0.15, -0.1) is 10.2 Å². The molecular formula is C19H15FN6OS2. The van der Waals surface area contributed by atoms with Crippen molar-refractivity contribution in [2.75, 3.05) is 5.32 Å². The molecule has 4 rings (SSSR count). The number of nitrogens with one attached hydrogen (secondary N) is 2. The maximum Gasteiger partial charge on any atom is 0.257 e. The molecule has 1 amide bonds. The minimum Gasteiger partial charge on any atom is -0.332 e. The Hall–Kier alpha value is -3.24. The molecule has 2 heterocycles. The molecule has 0 aliphatic carbocycles. The van der Waals surface area contributed by atoms with Gasteiger partial charge in [-0.1, -0.05) is 23.5 Å². The van der Waals surface area contributed by atoms with Crippen LogP contribution in [0.5, 0.6) is 0 Å². The van der Waals surface area contributed by atoms with Crippen molar-refractivity contribution >= 4 is 45.2 Å². The normalized spacial score (nSPS) is 10.9. The van der Waals surface area contributed by atoms with E-state index in [0.717, 1.165) is 32.6 Å². The van der Waals surface area contributed by atoms with E-state index in [4.69, 9.17) is 12.2 Å². The number of fused-ring (bicyclic) bond motifs is 1. The van der Waals surface area contributed by atoms with E-state index in [2.05, 4.69) is 25.9 Å². The summed E-state index contributed by atoms with van der Waals surface area (Å²) in [6, 6.07) is 10.9. The average Bonchev–Trinajstić information content (AvgIpc) is 3.26. The molecule has 0 unspecified atom stereocenters. The Kier molecular flexibility index (Phi) is 5.03. The van der Waals surface area contributed by atoms with Crippen LogP contribution in [-0.2, 0) is 0 Å². The van der Waals surface area contributed by atoms with Crippen LogP contribution in [0, 0.1) is 19.7 Å². The first kappa shape index (κ1) is 19.1. The summed E-state index contributed by atoms with van der Waals surface area (Å²) in [6.07, 6.45) is 0. The Morgan fingerprint density at radius 2 is 1.90 bits per heavy atom. The van der Waals surface area contributed by atoms with E-state index in [1.807, 2.05) is 32.0 Å². The topological polar surface area (TPSA) is 84.2 Å². The van der Waals surface area contributed by atoms with Gasteiger partial charge < -0.3 is 5.32 Å². The van der Waals surface area contributed by atoms with Gasteiger partial charge in [0.1, 0.15) is 10.8 Å². The second-order valence-electron chi connectivity index (χ2n) is 6.24. The van der Waals surface area contributed by atoms with Gasteiger partial charge >= 0.3 is 0 Å². The van der Waals surface area contributed by atoms with Crippen LogP contribution in [0.3, 0.4) is 0 Å². The fourth-order valence-corrected chi connectivity index (χ4v) is 3.93. The number of aryl methyl sites for hydroxylation is 1. The van der Waals surface area contributed by atoms with Crippen LogP contribution in [0.25, 0.3) is 15.5 Å². The smallest absolute Gasteiger partial charge is 0.257 e. The summed E-state index contributed by atoms with van der Waals surface area (Å²) in [5.41, 5.74) is 2.91. The minimum atomic E-state index is -0.416. The summed E-state index contributed by atoms with van der Waals surface area (Å²) in [5.74, 6) is -0.102. The molecule has 29 heavy (non-hydrogen) atoms. The van der Waals surface area contributed by atoms with E-state index in [9.17, 15) is 9.18 Å². The molecule has 0 atom stereocenters. The number of carbonyl (C=O) groups is 1. The molecule has 0 bridgehead atoms. The molecule has 2 N–H and O–H groups in total. The van der Waals surface area contributed by atoms with E-state index in [-0.39, 0.29) is 5.11 Å². The Morgan fingerprint density at radius 1 is 1.14 bits per heavy atom. The van der Waals surface area contributed by atoms with Crippen LogP contribution in [0.15, 0.2) is 42.5 Å². The van der Waals surface area contributed by atoms with Gasteiger partial charge in [0.25, 0.3) is 5.91 Å². The molecule has 7 nitrogen and oxygen atoms in total. The number of nitrogens with zero attached hydrogens (tertiary/aromatic N) is 4. The molecule has 0 fully saturated rings. The van der Waals surface area contributed by atoms with Gasteiger partial charge in [0.15, 0.2) is 10.9 Å². The van der Waals surface area contributed by atoms with Gasteiger partial charge in [0.05, 0.1) is 0 Å².